The normalized spacial score (nSPS) is 21.3. The number of alkyl halides is 6. The molecule has 2 aliphatic rings. The van der Waals surface area contributed by atoms with Gasteiger partial charge in [-0.05, 0) is 60.6 Å². The SMILES string of the molecule is O=C(NCc1cc(-c2cnc(C(F)(F)F)nc2)ncc1C(F)(F)F)[C@@H]1[C@H]2CC[C@H]2CN1S(=O)(=O)c1ccc(F)cc1. The van der Waals surface area contributed by atoms with Crippen LogP contribution in [0.25, 0.3) is 11.3 Å². The number of halogens is 7. The minimum Gasteiger partial charge on any atom is -0.351 e. The molecule has 3 aromatic rings. The predicted molar refractivity (Wildman–Crippen MR) is 127 cm³/mol. The van der Waals surface area contributed by atoms with E-state index in [0.29, 0.717) is 19.0 Å². The highest BCUT2D eigenvalue weighted by Gasteiger charge is 2.54. The van der Waals surface area contributed by atoms with Gasteiger partial charge < -0.3 is 5.32 Å². The zero-order valence-electron chi connectivity index (χ0n) is 20.7. The predicted octanol–water partition coefficient (Wildman–Crippen LogP) is 4.43. The number of aromatic nitrogens is 3. The van der Waals surface area contributed by atoms with Crippen LogP contribution in [-0.4, -0.2) is 46.2 Å². The van der Waals surface area contributed by atoms with E-state index in [0.717, 1.165) is 47.0 Å². The molecule has 16 heteroatoms. The molecule has 41 heavy (non-hydrogen) atoms. The minimum absolute atomic E-state index is 0.0313. The van der Waals surface area contributed by atoms with Crippen molar-refractivity contribution in [2.75, 3.05) is 6.54 Å². The number of hydrogen-bond acceptors (Lipinski definition) is 6. The first-order valence-electron chi connectivity index (χ1n) is 12.2. The van der Waals surface area contributed by atoms with E-state index in [4.69, 9.17) is 0 Å². The fourth-order valence-electron chi connectivity index (χ4n) is 5.06. The molecule has 1 aliphatic carbocycles. The molecule has 1 N–H and O–H groups in total. The maximum absolute atomic E-state index is 13.7. The summed E-state index contributed by atoms with van der Waals surface area (Å²) in [5.74, 6) is -3.36. The quantitative estimate of drug-likeness (QED) is 0.418. The third-order valence-electron chi connectivity index (χ3n) is 7.24. The van der Waals surface area contributed by atoms with Gasteiger partial charge in [0.05, 0.1) is 16.2 Å². The Bertz CT molecular complexity index is 1560. The third kappa shape index (κ3) is 5.62. The molecule has 1 saturated heterocycles. The van der Waals surface area contributed by atoms with Gasteiger partial charge in [-0.2, -0.15) is 30.6 Å². The Labute approximate surface area is 228 Å². The van der Waals surface area contributed by atoms with Gasteiger partial charge in [0.1, 0.15) is 11.9 Å². The second-order valence-corrected chi connectivity index (χ2v) is 11.6. The number of fused-ring (bicyclic) bond motifs is 1. The Morgan fingerprint density at radius 3 is 2.17 bits per heavy atom. The van der Waals surface area contributed by atoms with Crippen molar-refractivity contribution in [2.45, 2.75) is 42.7 Å². The number of carbonyl (C=O) groups excluding carboxylic acids is 1. The van der Waals surface area contributed by atoms with E-state index in [1.165, 1.54) is 0 Å². The van der Waals surface area contributed by atoms with Crippen LogP contribution < -0.4 is 5.32 Å². The molecule has 1 aromatic carbocycles. The molecule has 0 unspecified atom stereocenters. The molecule has 1 saturated carbocycles. The van der Waals surface area contributed by atoms with Crippen molar-refractivity contribution in [2.24, 2.45) is 11.8 Å². The van der Waals surface area contributed by atoms with Crippen LogP contribution in [0.1, 0.15) is 29.8 Å². The van der Waals surface area contributed by atoms with Gasteiger partial charge in [-0.3, -0.25) is 9.78 Å². The van der Waals surface area contributed by atoms with Crippen LogP contribution in [0.2, 0.25) is 0 Å². The summed E-state index contributed by atoms with van der Waals surface area (Å²) in [4.78, 5) is 23.1. The topological polar surface area (TPSA) is 105 Å². The van der Waals surface area contributed by atoms with Gasteiger partial charge in [0.2, 0.25) is 21.8 Å². The summed E-state index contributed by atoms with van der Waals surface area (Å²) in [5, 5.41) is 2.40. The molecule has 1 aliphatic heterocycles. The van der Waals surface area contributed by atoms with Gasteiger partial charge in [0, 0.05) is 37.2 Å². The summed E-state index contributed by atoms with van der Waals surface area (Å²) in [6.07, 6.45) is -6.48. The molecule has 0 radical (unpaired) electrons. The van der Waals surface area contributed by atoms with Crippen LogP contribution in [-0.2, 0) is 33.7 Å². The van der Waals surface area contributed by atoms with E-state index in [9.17, 15) is 43.9 Å². The van der Waals surface area contributed by atoms with E-state index in [1.807, 2.05) is 0 Å². The van der Waals surface area contributed by atoms with Crippen molar-refractivity contribution in [3.8, 4) is 11.3 Å². The number of amides is 1. The average Bonchev–Trinajstić information content (AvgIpc) is 3.16. The number of carbonyl (C=O) groups is 1. The fourth-order valence-corrected chi connectivity index (χ4v) is 6.75. The number of rotatable bonds is 6. The Kier molecular flexibility index (Phi) is 7.26. The Balaban J connectivity index is 1.40. The zero-order chi connectivity index (χ0) is 29.7. The first-order chi connectivity index (χ1) is 19.2. The number of nitrogens with zero attached hydrogens (tertiary/aromatic N) is 4. The number of hydrogen-bond donors (Lipinski definition) is 1. The molecule has 1 amide bonds. The average molecular weight is 604 g/mol. The summed E-state index contributed by atoms with van der Waals surface area (Å²) in [6, 6.07) is 3.82. The van der Waals surface area contributed by atoms with E-state index in [1.54, 1.807) is 0 Å². The van der Waals surface area contributed by atoms with Crippen LogP contribution in [0.4, 0.5) is 30.7 Å². The molecule has 2 fully saturated rings. The second-order valence-electron chi connectivity index (χ2n) is 9.71. The van der Waals surface area contributed by atoms with E-state index < -0.39 is 63.6 Å². The van der Waals surface area contributed by atoms with Crippen molar-refractivity contribution in [1.29, 1.82) is 0 Å². The third-order valence-corrected chi connectivity index (χ3v) is 9.11. The highest BCUT2D eigenvalue weighted by molar-refractivity contribution is 7.89. The molecule has 8 nitrogen and oxygen atoms in total. The molecule has 0 spiro atoms. The molecule has 3 atom stereocenters. The summed E-state index contributed by atoms with van der Waals surface area (Å²) < 4.78 is 121. The van der Waals surface area contributed by atoms with Gasteiger partial charge in [0.15, 0.2) is 0 Å². The number of pyridine rings is 1. The number of sulfonamides is 1. The summed E-state index contributed by atoms with van der Waals surface area (Å²) in [7, 11) is -4.22. The molecule has 3 heterocycles. The Morgan fingerprint density at radius 2 is 1.61 bits per heavy atom. The van der Waals surface area contributed by atoms with Crippen molar-refractivity contribution < 1.29 is 43.9 Å². The van der Waals surface area contributed by atoms with Gasteiger partial charge in [0.25, 0.3) is 0 Å². The van der Waals surface area contributed by atoms with Crippen LogP contribution in [0.5, 0.6) is 0 Å². The summed E-state index contributed by atoms with van der Waals surface area (Å²) in [6.45, 7) is -0.646. The standard InChI is InChI=1S/C25H20F7N5O3S/c26-16-2-4-17(5-3-16)41(39,40)37-12-13-1-6-18(13)21(37)22(38)34-8-14-7-20(33-11-19(14)24(27,28)29)15-9-35-23(36-10-15)25(30,31)32/h2-5,7,9-11,13,18,21H,1,6,8,12H2,(H,34,38)/t13-,18-,21-/m0/s1. The molecule has 2 aromatic heterocycles. The van der Waals surface area contributed by atoms with E-state index in [-0.39, 0.29) is 34.5 Å². The molecular formula is C25H20F7N5O3S. The molecule has 218 valence electrons. The van der Waals surface area contributed by atoms with E-state index in [2.05, 4.69) is 20.3 Å². The van der Waals surface area contributed by atoms with Gasteiger partial charge >= 0.3 is 12.4 Å². The Morgan fingerprint density at radius 1 is 0.951 bits per heavy atom. The van der Waals surface area contributed by atoms with Crippen molar-refractivity contribution in [1.82, 2.24) is 24.6 Å². The van der Waals surface area contributed by atoms with Gasteiger partial charge in [-0.1, -0.05) is 0 Å². The molecular weight excluding hydrogens is 583 g/mol. The van der Waals surface area contributed by atoms with Crippen molar-refractivity contribution >= 4 is 15.9 Å². The zero-order valence-corrected chi connectivity index (χ0v) is 21.6. The Hall–Kier alpha value is -3.66. The smallest absolute Gasteiger partial charge is 0.351 e. The summed E-state index contributed by atoms with van der Waals surface area (Å²) >= 11 is 0. The lowest BCUT2D eigenvalue weighted by atomic mass is 9.73. The maximum Gasteiger partial charge on any atom is 0.451 e. The maximum atomic E-state index is 13.7. The van der Waals surface area contributed by atoms with Crippen LogP contribution >= 0.6 is 0 Å². The van der Waals surface area contributed by atoms with Crippen LogP contribution in [0.3, 0.4) is 0 Å². The molecule has 5 rings (SSSR count). The number of nitrogens with one attached hydrogen (secondary N) is 1. The minimum atomic E-state index is -4.88. The van der Waals surface area contributed by atoms with Gasteiger partial charge in [-0.15, -0.1) is 0 Å². The lowest BCUT2D eigenvalue weighted by Crippen LogP contribution is -2.49. The second kappa shape index (κ2) is 10.3. The summed E-state index contributed by atoms with van der Waals surface area (Å²) in [5.41, 5.74) is -1.91. The van der Waals surface area contributed by atoms with E-state index >= 15 is 0 Å². The highest BCUT2D eigenvalue weighted by Crippen LogP contribution is 2.47. The van der Waals surface area contributed by atoms with Crippen LogP contribution in [0.15, 0.2) is 53.8 Å². The van der Waals surface area contributed by atoms with Crippen molar-refractivity contribution in [3.63, 3.8) is 0 Å². The first-order valence-corrected chi connectivity index (χ1v) is 13.6. The van der Waals surface area contributed by atoms with Gasteiger partial charge in [-0.25, -0.2) is 22.8 Å². The van der Waals surface area contributed by atoms with Crippen LogP contribution in [0, 0.1) is 17.7 Å². The number of benzene rings is 1. The fraction of sp³-hybridized carbons (Fsp3) is 0.360. The molecule has 0 bridgehead atoms. The highest BCUT2D eigenvalue weighted by atomic mass is 32.2. The lowest BCUT2D eigenvalue weighted by molar-refractivity contribution is -0.145. The van der Waals surface area contributed by atoms with Crippen molar-refractivity contribution in [3.05, 3.63) is 71.7 Å². The monoisotopic (exact) mass is 603 g/mol. The largest absolute Gasteiger partial charge is 0.451 e. The first kappa shape index (κ1) is 28.9. The lowest BCUT2D eigenvalue weighted by Gasteiger charge is -2.33.